The van der Waals surface area contributed by atoms with E-state index >= 15 is 0 Å². The van der Waals surface area contributed by atoms with Crippen molar-refractivity contribution in [1.82, 2.24) is 0 Å². The zero-order valence-corrected chi connectivity index (χ0v) is 20.9. The zero-order valence-electron chi connectivity index (χ0n) is 19.9. The number of hydrogen-bond acceptors (Lipinski definition) is 2. The first-order valence-corrected chi connectivity index (χ1v) is 10.1. The van der Waals surface area contributed by atoms with Crippen LogP contribution in [0.2, 0.25) is 0 Å². The van der Waals surface area contributed by atoms with E-state index in [2.05, 4.69) is 97.0 Å². The fraction of sp³-hybridized carbons (Fsp3) is 0.250. The van der Waals surface area contributed by atoms with Gasteiger partial charge in [-0.25, -0.2) is 4.99 Å². The van der Waals surface area contributed by atoms with E-state index in [-0.39, 0.29) is 23.9 Å². The van der Waals surface area contributed by atoms with Gasteiger partial charge < -0.3 is 7.43 Å². The molecule has 0 N–H and O–H groups in total. The van der Waals surface area contributed by atoms with Crippen molar-refractivity contribution in [3.8, 4) is 0 Å². The van der Waals surface area contributed by atoms with Gasteiger partial charge in [-0.1, -0.05) is 65.7 Å². The second-order valence-corrected chi connectivity index (χ2v) is 8.02. The van der Waals surface area contributed by atoms with E-state index in [0.29, 0.717) is 0 Å². The Labute approximate surface area is 198 Å². The van der Waals surface area contributed by atoms with Crippen molar-refractivity contribution in [2.24, 2.45) is 9.98 Å². The van der Waals surface area contributed by atoms with Crippen molar-refractivity contribution in [1.29, 1.82) is 0 Å². The van der Waals surface area contributed by atoms with Gasteiger partial charge in [0.25, 0.3) is 0 Å². The quantitative estimate of drug-likeness (QED) is 0.217. The van der Waals surface area contributed by atoms with Crippen LogP contribution in [0.25, 0.3) is 0 Å². The van der Waals surface area contributed by atoms with Crippen LogP contribution in [0.1, 0.15) is 45.9 Å². The molecule has 0 heterocycles. The van der Waals surface area contributed by atoms with Crippen LogP contribution >= 0.6 is 0 Å². The zero-order chi connectivity index (χ0) is 21.1. The third-order valence-electron chi connectivity index (χ3n) is 5.16. The summed E-state index contributed by atoms with van der Waals surface area (Å²) in [6.45, 7) is 14.8. The maximum Gasteiger partial charge on any atom is 0.0921 e. The summed E-state index contributed by atoms with van der Waals surface area (Å²) in [7, 11) is 0. The molecule has 0 unspecified atom stereocenters. The maximum atomic E-state index is 5.13. The van der Waals surface area contributed by atoms with Crippen LogP contribution < -0.4 is 0 Å². The van der Waals surface area contributed by atoms with Crippen LogP contribution in [-0.2, 0) is 16.5 Å². The number of benzene rings is 3. The van der Waals surface area contributed by atoms with Gasteiger partial charge in [0.2, 0.25) is 0 Å². The third kappa shape index (κ3) is 6.24. The minimum atomic E-state index is 0. The summed E-state index contributed by atoms with van der Waals surface area (Å²) < 4.78 is 0. The summed E-state index contributed by atoms with van der Waals surface area (Å²) in [4.78, 5) is 10.2. The van der Waals surface area contributed by atoms with Crippen molar-refractivity contribution in [3.63, 3.8) is 0 Å². The Morgan fingerprint density at radius 2 is 1.00 bits per heavy atom. The van der Waals surface area contributed by atoms with E-state index in [9.17, 15) is 0 Å². The molecule has 0 bridgehead atoms. The molecular weight excluding hydrogens is 423 g/mol. The van der Waals surface area contributed by atoms with E-state index in [1.54, 1.807) is 0 Å². The van der Waals surface area contributed by atoms with Gasteiger partial charge in [0.1, 0.15) is 0 Å². The van der Waals surface area contributed by atoms with E-state index < -0.39 is 0 Å². The van der Waals surface area contributed by atoms with Gasteiger partial charge in [0, 0.05) is 22.1 Å². The molecule has 0 aromatic heterocycles. The molecule has 0 atom stereocenters. The van der Waals surface area contributed by atoms with Gasteiger partial charge >= 0.3 is 0 Å². The Morgan fingerprint density at radius 3 is 1.42 bits per heavy atom. The molecule has 3 aromatic carbocycles. The average Bonchev–Trinajstić information content (AvgIpc) is 2.64. The number of aryl methyl sites for hydroxylation is 6. The number of nitrogens with zero attached hydrogens (tertiary/aromatic N) is 2. The molecule has 0 spiro atoms. The molecule has 0 saturated carbocycles. The van der Waals surface area contributed by atoms with Gasteiger partial charge in [-0.15, -0.1) is 0 Å². The summed E-state index contributed by atoms with van der Waals surface area (Å²) in [6, 6.07) is 19.1. The van der Waals surface area contributed by atoms with Crippen LogP contribution in [-0.4, -0.2) is 11.4 Å². The minimum Gasteiger partial charge on any atom is -0.358 e. The standard InChI is InChI=1S/C27H30N2.CH3.Ni/c1-17-13-19(3)25(20(4)14-17)28-23(7)27(24-11-9-8-10-12-24)29-26-21(5)15-18(2)16-22(26)6;;/h8-16H,1-7H3;1H3;/q;-1;. The number of aliphatic imine (C=N–C) groups is 2. The fourth-order valence-electron chi connectivity index (χ4n) is 3.98. The Bertz CT molecular complexity index is 1060. The Balaban J connectivity index is 0.00000240. The molecular formula is C28H33N2Ni-. The summed E-state index contributed by atoms with van der Waals surface area (Å²) in [6.07, 6.45) is 0. The second-order valence-electron chi connectivity index (χ2n) is 8.02. The van der Waals surface area contributed by atoms with Crippen LogP contribution in [0.5, 0.6) is 0 Å². The first-order valence-electron chi connectivity index (χ1n) is 10.1. The molecule has 0 aliphatic heterocycles. The molecule has 0 radical (unpaired) electrons. The van der Waals surface area contributed by atoms with Gasteiger partial charge in [-0.05, 0) is 70.7 Å². The maximum absolute atomic E-state index is 5.13. The van der Waals surface area contributed by atoms with Gasteiger partial charge in [-0.2, -0.15) is 0 Å². The molecule has 2 nitrogen and oxygen atoms in total. The van der Waals surface area contributed by atoms with Crippen molar-refractivity contribution < 1.29 is 16.5 Å². The van der Waals surface area contributed by atoms with E-state index in [1.165, 1.54) is 33.4 Å². The van der Waals surface area contributed by atoms with Gasteiger partial charge in [0.05, 0.1) is 22.8 Å². The van der Waals surface area contributed by atoms with Crippen LogP contribution in [0, 0.1) is 49.0 Å². The molecule has 0 aliphatic rings. The molecule has 3 aromatic rings. The molecule has 0 amide bonds. The third-order valence-corrected chi connectivity index (χ3v) is 5.16. The predicted octanol–water partition coefficient (Wildman–Crippen LogP) is 7.90. The molecule has 3 heteroatoms. The smallest absolute Gasteiger partial charge is 0.0921 e. The molecule has 31 heavy (non-hydrogen) atoms. The van der Waals surface area contributed by atoms with Gasteiger partial charge in [-0.3, -0.25) is 4.99 Å². The van der Waals surface area contributed by atoms with Crippen LogP contribution in [0.15, 0.2) is 64.6 Å². The first-order chi connectivity index (χ1) is 13.8. The van der Waals surface area contributed by atoms with E-state index in [1.807, 2.05) is 6.07 Å². The Kier molecular flexibility index (Phi) is 9.59. The summed E-state index contributed by atoms with van der Waals surface area (Å²) in [5.74, 6) is 0. The molecule has 0 saturated heterocycles. The fourth-order valence-corrected chi connectivity index (χ4v) is 3.98. The number of rotatable bonds is 4. The van der Waals surface area contributed by atoms with Crippen molar-refractivity contribution in [2.45, 2.75) is 48.5 Å². The average molecular weight is 456 g/mol. The molecule has 166 valence electrons. The Hall–Kier alpha value is -2.51. The van der Waals surface area contributed by atoms with Crippen molar-refractivity contribution in [3.05, 3.63) is 101 Å². The van der Waals surface area contributed by atoms with Crippen molar-refractivity contribution in [2.75, 3.05) is 0 Å². The summed E-state index contributed by atoms with van der Waals surface area (Å²) in [5, 5.41) is 0. The SMILES string of the molecule is CC(=Nc1c(C)cc(C)cc1C)C(=Nc1c(C)cc(C)cc1C)c1ccccc1.[CH3-].[Ni]. The molecule has 0 aliphatic carbocycles. The van der Waals surface area contributed by atoms with E-state index in [0.717, 1.165) is 28.4 Å². The van der Waals surface area contributed by atoms with Crippen LogP contribution in [0.3, 0.4) is 0 Å². The van der Waals surface area contributed by atoms with Gasteiger partial charge in [0.15, 0.2) is 0 Å². The summed E-state index contributed by atoms with van der Waals surface area (Å²) in [5.41, 5.74) is 12.3. The Morgan fingerprint density at radius 1 is 0.613 bits per heavy atom. The molecule has 3 rings (SSSR count). The topological polar surface area (TPSA) is 24.7 Å². The largest absolute Gasteiger partial charge is 0.358 e. The van der Waals surface area contributed by atoms with Crippen molar-refractivity contribution >= 4 is 22.8 Å². The normalized spacial score (nSPS) is 11.6. The molecule has 0 fully saturated rings. The predicted molar refractivity (Wildman–Crippen MR) is 133 cm³/mol. The second kappa shape index (κ2) is 11.2. The van der Waals surface area contributed by atoms with Crippen LogP contribution in [0.4, 0.5) is 11.4 Å². The minimum absolute atomic E-state index is 0. The number of hydrogen-bond donors (Lipinski definition) is 0. The monoisotopic (exact) mass is 455 g/mol. The van der Waals surface area contributed by atoms with E-state index in [4.69, 9.17) is 9.98 Å². The summed E-state index contributed by atoms with van der Waals surface area (Å²) >= 11 is 0. The first kappa shape index (κ1) is 26.5.